The van der Waals surface area contributed by atoms with E-state index in [-0.39, 0.29) is 6.04 Å². The number of thiazole rings is 1. The Kier molecular flexibility index (Phi) is 6.14. The summed E-state index contributed by atoms with van der Waals surface area (Å²) in [5.41, 5.74) is 2.38. The molecule has 0 aliphatic rings. The summed E-state index contributed by atoms with van der Waals surface area (Å²) in [6.45, 7) is 2.11. The van der Waals surface area contributed by atoms with Crippen LogP contribution in [0.4, 0.5) is 0 Å². The molecule has 0 saturated carbocycles. The lowest BCUT2D eigenvalue weighted by atomic mass is 10.1. The van der Waals surface area contributed by atoms with Crippen molar-refractivity contribution in [1.29, 1.82) is 0 Å². The van der Waals surface area contributed by atoms with Crippen LogP contribution in [-0.2, 0) is 16.1 Å². The molecule has 5 heteroatoms. The third-order valence-corrected chi connectivity index (χ3v) is 3.82. The van der Waals surface area contributed by atoms with Crippen molar-refractivity contribution in [3.05, 3.63) is 52.0 Å². The molecule has 0 aliphatic carbocycles. The smallest absolute Gasteiger partial charge is 0.114 e. The molecule has 1 aromatic heterocycles. The highest BCUT2D eigenvalue weighted by molar-refractivity contribution is 7.09. The standard InChI is InChI=1S/C15H20N2O2S/c1-18-9-7-16-14(15-17-8-10-20-15)13-5-3-12(4-6-13)11-19-2/h3-6,8,10,14,16H,7,9,11H2,1-2H3. The van der Waals surface area contributed by atoms with Crippen LogP contribution in [0.1, 0.15) is 22.2 Å². The molecule has 2 aromatic rings. The predicted octanol–water partition coefficient (Wildman–Crippen LogP) is 2.61. The van der Waals surface area contributed by atoms with Gasteiger partial charge in [-0.2, -0.15) is 0 Å². The predicted molar refractivity (Wildman–Crippen MR) is 81.0 cm³/mol. The van der Waals surface area contributed by atoms with Gasteiger partial charge in [0.05, 0.1) is 19.3 Å². The Morgan fingerprint density at radius 2 is 2.00 bits per heavy atom. The van der Waals surface area contributed by atoms with Gasteiger partial charge < -0.3 is 14.8 Å². The van der Waals surface area contributed by atoms with Crippen LogP contribution >= 0.6 is 11.3 Å². The van der Waals surface area contributed by atoms with Gasteiger partial charge in [0, 0.05) is 32.3 Å². The van der Waals surface area contributed by atoms with Crippen LogP contribution in [0.2, 0.25) is 0 Å². The Morgan fingerprint density at radius 1 is 1.20 bits per heavy atom. The van der Waals surface area contributed by atoms with Crippen molar-refractivity contribution in [2.24, 2.45) is 0 Å². The van der Waals surface area contributed by atoms with Crippen molar-refractivity contribution in [2.45, 2.75) is 12.6 Å². The zero-order valence-corrected chi connectivity index (χ0v) is 12.7. The second kappa shape index (κ2) is 8.11. The first-order valence-corrected chi connectivity index (χ1v) is 7.42. The van der Waals surface area contributed by atoms with E-state index in [1.54, 1.807) is 25.6 Å². The first-order chi connectivity index (χ1) is 9.85. The Bertz CT molecular complexity index is 485. The average molecular weight is 292 g/mol. The van der Waals surface area contributed by atoms with Gasteiger partial charge in [-0.3, -0.25) is 0 Å². The lowest BCUT2D eigenvalue weighted by molar-refractivity contribution is 0.185. The third kappa shape index (κ3) is 4.11. The van der Waals surface area contributed by atoms with Crippen LogP contribution in [0.5, 0.6) is 0 Å². The molecule has 1 unspecified atom stereocenters. The molecule has 0 radical (unpaired) electrons. The summed E-state index contributed by atoms with van der Waals surface area (Å²) in [5.74, 6) is 0. The van der Waals surface area contributed by atoms with E-state index in [9.17, 15) is 0 Å². The maximum absolute atomic E-state index is 5.14. The Labute approximate surface area is 123 Å². The Balaban J connectivity index is 2.13. The molecule has 0 aliphatic heterocycles. The lowest BCUT2D eigenvalue weighted by Gasteiger charge is -2.17. The van der Waals surface area contributed by atoms with Crippen LogP contribution in [0.25, 0.3) is 0 Å². The first-order valence-electron chi connectivity index (χ1n) is 6.54. The fourth-order valence-electron chi connectivity index (χ4n) is 2.00. The first kappa shape index (κ1) is 15.1. The van der Waals surface area contributed by atoms with E-state index in [1.807, 2.05) is 11.6 Å². The van der Waals surface area contributed by atoms with E-state index >= 15 is 0 Å². The van der Waals surface area contributed by atoms with Gasteiger partial charge in [-0.05, 0) is 11.1 Å². The highest BCUT2D eigenvalue weighted by atomic mass is 32.1. The van der Waals surface area contributed by atoms with E-state index in [0.29, 0.717) is 13.2 Å². The van der Waals surface area contributed by atoms with Gasteiger partial charge in [-0.15, -0.1) is 11.3 Å². The number of benzene rings is 1. The molecule has 20 heavy (non-hydrogen) atoms. The van der Waals surface area contributed by atoms with Crippen LogP contribution in [0.15, 0.2) is 35.8 Å². The summed E-state index contributed by atoms with van der Waals surface area (Å²) < 4.78 is 10.2. The van der Waals surface area contributed by atoms with Crippen LogP contribution in [0.3, 0.4) is 0 Å². The fourth-order valence-corrected chi connectivity index (χ4v) is 2.74. The van der Waals surface area contributed by atoms with Gasteiger partial charge in [0.25, 0.3) is 0 Å². The lowest BCUT2D eigenvalue weighted by Crippen LogP contribution is -2.25. The summed E-state index contributed by atoms with van der Waals surface area (Å²) in [7, 11) is 3.41. The maximum atomic E-state index is 5.14. The Hall–Kier alpha value is -1.27. The van der Waals surface area contributed by atoms with Crippen molar-refractivity contribution >= 4 is 11.3 Å². The molecule has 108 valence electrons. The van der Waals surface area contributed by atoms with E-state index in [2.05, 4.69) is 34.6 Å². The van der Waals surface area contributed by atoms with E-state index in [4.69, 9.17) is 9.47 Å². The fraction of sp³-hybridized carbons (Fsp3) is 0.400. The average Bonchev–Trinajstić information content (AvgIpc) is 2.99. The SMILES string of the molecule is COCCNC(c1ccc(COC)cc1)c1nccs1. The largest absolute Gasteiger partial charge is 0.383 e. The maximum Gasteiger partial charge on any atom is 0.114 e. The topological polar surface area (TPSA) is 43.4 Å². The molecular formula is C15H20N2O2S. The zero-order valence-electron chi connectivity index (χ0n) is 11.8. The van der Waals surface area contributed by atoms with Gasteiger partial charge in [-0.1, -0.05) is 24.3 Å². The molecule has 1 N–H and O–H groups in total. The van der Waals surface area contributed by atoms with Crippen molar-refractivity contribution in [1.82, 2.24) is 10.3 Å². The van der Waals surface area contributed by atoms with E-state index < -0.39 is 0 Å². The van der Waals surface area contributed by atoms with Gasteiger partial charge in [-0.25, -0.2) is 4.98 Å². The molecule has 1 heterocycles. The van der Waals surface area contributed by atoms with Crippen molar-refractivity contribution in [2.75, 3.05) is 27.4 Å². The number of hydrogen-bond acceptors (Lipinski definition) is 5. The minimum atomic E-state index is 0.113. The number of nitrogens with one attached hydrogen (secondary N) is 1. The quantitative estimate of drug-likeness (QED) is 0.760. The number of aromatic nitrogens is 1. The molecule has 0 bridgehead atoms. The molecule has 0 amide bonds. The van der Waals surface area contributed by atoms with Crippen LogP contribution < -0.4 is 5.32 Å². The molecule has 4 nitrogen and oxygen atoms in total. The number of methoxy groups -OCH3 is 2. The summed E-state index contributed by atoms with van der Waals surface area (Å²) in [6.07, 6.45) is 1.84. The van der Waals surface area contributed by atoms with Crippen LogP contribution in [0, 0.1) is 0 Å². The Morgan fingerprint density at radius 3 is 2.60 bits per heavy atom. The molecule has 0 saturated heterocycles. The van der Waals surface area contributed by atoms with Gasteiger partial charge in [0.15, 0.2) is 0 Å². The summed E-state index contributed by atoms with van der Waals surface area (Å²) in [6, 6.07) is 8.55. The number of nitrogens with zero attached hydrogens (tertiary/aromatic N) is 1. The highest BCUT2D eigenvalue weighted by Crippen LogP contribution is 2.24. The molecule has 1 atom stereocenters. The molecule has 1 aromatic carbocycles. The number of hydrogen-bond donors (Lipinski definition) is 1. The number of ether oxygens (including phenoxy) is 2. The molecule has 0 spiro atoms. The molecule has 0 fully saturated rings. The second-order valence-corrected chi connectivity index (χ2v) is 5.35. The summed E-state index contributed by atoms with van der Waals surface area (Å²) in [5, 5.41) is 6.55. The van der Waals surface area contributed by atoms with Crippen molar-refractivity contribution < 1.29 is 9.47 Å². The number of rotatable bonds is 8. The van der Waals surface area contributed by atoms with Gasteiger partial charge >= 0.3 is 0 Å². The van der Waals surface area contributed by atoms with Gasteiger partial charge in [0.1, 0.15) is 5.01 Å². The normalized spacial score (nSPS) is 12.5. The van der Waals surface area contributed by atoms with E-state index in [0.717, 1.165) is 11.6 Å². The molecule has 2 rings (SSSR count). The van der Waals surface area contributed by atoms with Crippen molar-refractivity contribution in [3.8, 4) is 0 Å². The van der Waals surface area contributed by atoms with Crippen molar-refractivity contribution in [3.63, 3.8) is 0 Å². The third-order valence-electron chi connectivity index (χ3n) is 2.98. The summed E-state index contributed by atoms with van der Waals surface area (Å²) >= 11 is 1.66. The zero-order chi connectivity index (χ0) is 14.2. The minimum absolute atomic E-state index is 0.113. The minimum Gasteiger partial charge on any atom is -0.383 e. The molecular weight excluding hydrogens is 272 g/mol. The van der Waals surface area contributed by atoms with E-state index in [1.165, 1.54) is 11.1 Å². The van der Waals surface area contributed by atoms with Gasteiger partial charge in [0.2, 0.25) is 0 Å². The second-order valence-electron chi connectivity index (χ2n) is 4.42. The summed E-state index contributed by atoms with van der Waals surface area (Å²) in [4.78, 5) is 4.42. The monoisotopic (exact) mass is 292 g/mol. The van der Waals surface area contributed by atoms with Crippen LogP contribution in [-0.4, -0.2) is 32.4 Å². The highest BCUT2D eigenvalue weighted by Gasteiger charge is 2.15.